The minimum Gasteiger partial charge on any atom is -0.367 e. The molecule has 6 heteroatoms. The number of non-ortho nitro benzene ring substituents is 1. The first-order chi connectivity index (χ1) is 12.7. The summed E-state index contributed by atoms with van der Waals surface area (Å²) in [7, 11) is 0. The lowest BCUT2D eigenvalue weighted by molar-refractivity contribution is -0.384. The number of anilines is 1. The maximum absolute atomic E-state index is 10.9. The molecule has 132 valence electrons. The number of fused-ring (bicyclic) bond motifs is 1. The lowest BCUT2D eigenvalue weighted by Crippen LogP contribution is -2.23. The predicted octanol–water partition coefficient (Wildman–Crippen LogP) is 4.95. The summed E-state index contributed by atoms with van der Waals surface area (Å²) in [4.78, 5) is 19.9. The molecule has 1 aliphatic carbocycles. The molecule has 1 heterocycles. The molecule has 0 aliphatic heterocycles. The maximum Gasteiger partial charge on any atom is 0.269 e. The van der Waals surface area contributed by atoms with E-state index in [1.807, 2.05) is 24.3 Å². The summed E-state index contributed by atoms with van der Waals surface area (Å²) in [6, 6.07) is 14.8. The van der Waals surface area contributed by atoms with Crippen molar-refractivity contribution in [2.24, 2.45) is 0 Å². The molecular formula is C20H20N4O2. The van der Waals surface area contributed by atoms with E-state index in [2.05, 4.69) is 10.3 Å². The molecule has 3 aromatic rings. The highest BCUT2D eigenvalue weighted by molar-refractivity contribution is 5.90. The number of aromatic nitrogens is 2. The van der Waals surface area contributed by atoms with Crippen molar-refractivity contribution >= 4 is 22.4 Å². The van der Waals surface area contributed by atoms with Crippen LogP contribution in [0.4, 0.5) is 11.5 Å². The average molecular weight is 348 g/mol. The molecule has 6 nitrogen and oxygen atoms in total. The number of nitro benzene ring substituents is 1. The van der Waals surface area contributed by atoms with Crippen molar-refractivity contribution in [3.05, 3.63) is 58.6 Å². The maximum atomic E-state index is 10.9. The van der Waals surface area contributed by atoms with Gasteiger partial charge in [0.25, 0.3) is 5.69 Å². The van der Waals surface area contributed by atoms with Crippen molar-refractivity contribution in [3.63, 3.8) is 0 Å². The average Bonchev–Trinajstić information content (AvgIpc) is 2.69. The molecule has 4 rings (SSSR count). The molecule has 1 aromatic heterocycles. The molecule has 26 heavy (non-hydrogen) atoms. The molecule has 0 spiro atoms. The van der Waals surface area contributed by atoms with Crippen molar-refractivity contribution in [1.29, 1.82) is 0 Å². The van der Waals surface area contributed by atoms with Crippen LogP contribution in [0, 0.1) is 10.1 Å². The highest BCUT2D eigenvalue weighted by Crippen LogP contribution is 2.28. The van der Waals surface area contributed by atoms with Crippen LogP contribution in [0.3, 0.4) is 0 Å². The molecule has 1 saturated carbocycles. The summed E-state index contributed by atoms with van der Waals surface area (Å²) >= 11 is 0. The van der Waals surface area contributed by atoms with E-state index in [0.29, 0.717) is 11.9 Å². The van der Waals surface area contributed by atoms with Gasteiger partial charge in [0.15, 0.2) is 5.82 Å². The van der Waals surface area contributed by atoms with Gasteiger partial charge in [-0.15, -0.1) is 0 Å². The third kappa shape index (κ3) is 3.35. The van der Waals surface area contributed by atoms with E-state index in [4.69, 9.17) is 4.98 Å². The lowest BCUT2D eigenvalue weighted by Gasteiger charge is -2.24. The number of nitrogens with zero attached hydrogens (tertiary/aromatic N) is 3. The second kappa shape index (κ2) is 7.07. The molecule has 0 atom stereocenters. The highest BCUT2D eigenvalue weighted by atomic mass is 16.6. The zero-order chi connectivity index (χ0) is 17.9. The van der Waals surface area contributed by atoms with Gasteiger partial charge in [-0.1, -0.05) is 31.4 Å². The summed E-state index contributed by atoms with van der Waals surface area (Å²) in [5.41, 5.74) is 1.71. The van der Waals surface area contributed by atoms with Crippen molar-refractivity contribution in [1.82, 2.24) is 9.97 Å². The van der Waals surface area contributed by atoms with Gasteiger partial charge in [-0.2, -0.15) is 0 Å². The Labute approximate surface area is 151 Å². The smallest absolute Gasteiger partial charge is 0.269 e. The van der Waals surface area contributed by atoms with Gasteiger partial charge in [0, 0.05) is 29.1 Å². The second-order valence-corrected chi connectivity index (χ2v) is 6.70. The second-order valence-electron chi connectivity index (χ2n) is 6.70. The Kier molecular flexibility index (Phi) is 4.48. The summed E-state index contributed by atoms with van der Waals surface area (Å²) in [5.74, 6) is 1.42. The normalized spacial score (nSPS) is 15.1. The largest absolute Gasteiger partial charge is 0.367 e. The van der Waals surface area contributed by atoms with Gasteiger partial charge >= 0.3 is 0 Å². The molecule has 0 amide bonds. The molecule has 0 radical (unpaired) electrons. The Hall–Kier alpha value is -3.02. The molecule has 1 aliphatic rings. The summed E-state index contributed by atoms with van der Waals surface area (Å²) in [5, 5.41) is 15.5. The van der Waals surface area contributed by atoms with Crippen LogP contribution in [0.15, 0.2) is 48.5 Å². The van der Waals surface area contributed by atoms with Gasteiger partial charge in [-0.3, -0.25) is 10.1 Å². The third-order valence-corrected chi connectivity index (χ3v) is 4.89. The first-order valence-corrected chi connectivity index (χ1v) is 8.99. The Morgan fingerprint density at radius 3 is 2.42 bits per heavy atom. The third-order valence-electron chi connectivity index (χ3n) is 4.89. The van der Waals surface area contributed by atoms with Gasteiger partial charge in [-0.25, -0.2) is 9.97 Å². The minimum atomic E-state index is -0.402. The van der Waals surface area contributed by atoms with Crippen LogP contribution >= 0.6 is 0 Å². The number of rotatable bonds is 4. The van der Waals surface area contributed by atoms with Gasteiger partial charge in [-0.05, 0) is 37.1 Å². The number of nitrogens with one attached hydrogen (secondary N) is 1. The number of hydrogen-bond acceptors (Lipinski definition) is 5. The zero-order valence-corrected chi connectivity index (χ0v) is 14.4. The van der Waals surface area contributed by atoms with E-state index >= 15 is 0 Å². The molecule has 1 N–H and O–H groups in total. The fourth-order valence-corrected chi connectivity index (χ4v) is 3.49. The molecule has 2 aromatic carbocycles. The van der Waals surface area contributed by atoms with E-state index in [0.717, 1.165) is 35.1 Å². The predicted molar refractivity (Wildman–Crippen MR) is 102 cm³/mol. The van der Waals surface area contributed by atoms with Crippen LogP contribution in [-0.4, -0.2) is 20.9 Å². The Balaban J connectivity index is 1.74. The SMILES string of the molecule is O=[N+]([O-])c1ccc(-c2nc(NC3CCCCC3)c3ccccc3n2)cc1. The van der Waals surface area contributed by atoms with Crippen LogP contribution < -0.4 is 5.32 Å². The molecule has 0 bridgehead atoms. The van der Waals surface area contributed by atoms with Crippen LogP contribution in [0.1, 0.15) is 32.1 Å². The monoisotopic (exact) mass is 348 g/mol. The summed E-state index contributed by atoms with van der Waals surface area (Å²) in [6.45, 7) is 0. The molecule has 1 fully saturated rings. The van der Waals surface area contributed by atoms with Crippen LogP contribution in [0.2, 0.25) is 0 Å². The molecule has 0 saturated heterocycles. The topological polar surface area (TPSA) is 81.0 Å². The zero-order valence-electron chi connectivity index (χ0n) is 14.4. The first-order valence-electron chi connectivity index (χ1n) is 8.99. The van der Waals surface area contributed by atoms with Crippen molar-refractivity contribution in [2.75, 3.05) is 5.32 Å². The molecular weight excluding hydrogens is 328 g/mol. The van der Waals surface area contributed by atoms with Crippen LogP contribution in [0.5, 0.6) is 0 Å². The van der Waals surface area contributed by atoms with Crippen LogP contribution in [0.25, 0.3) is 22.3 Å². The molecule has 0 unspecified atom stereocenters. The standard InChI is InChI=1S/C20H20N4O2/c25-24(26)16-12-10-14(11-13-16)19-22-18-9-5-4-8-17(18)20(23-19)21-15-6-2-1-3-7-15/h4-5,8-13,15H,1-3,6-7H2,(H,21,22,23). The van der Waals surface area contributed by atoms with E-state index < -0.39 is 4.92 Å². The van der Waals surface area contributed by atoms with Gasteiger partial charge in [0.2, 0.25) is 0 Å². The van der Waals surface area contributed by atoms with Gasteiger partial charge < -0.3 is 5.32 Å². The number of benzene rings is 2. The fraction of sp³-hybridized carbons (Fsp3) is 0.300. The summed E-state index contributed by atoms with van der Waals surface area (Å²) < 4.78 is 0. The Morgan fingerprint density at radius 1 is 0.962 bits per heavy atom. The highest BCUT2D eigenvalue weighted by Gasteiger charge is 2.17. The fourth-order valence-electron chi connectivity index (χ4n) is 3.49. The van der Waals surface area contributed by atoms with E-state index in [1.54, 1.807) is 12.1 Å². The van der Waals surface area contributed by atoms with E-state index in [-0.39, 0.29) is 5.69 Å². The quantitative estimate of drug-likeness (QED) is 0.533. The number of para-hydroxylation sites is 1. The van der Waals surface area contributed by atoms with E-state index in [9.17, 15) is 10.1 Å². The minimum absolute atomic E-state index is 0.0649. The first kappa shape index (κ1) is 16.4. The van der Waals surface area contributed by atoms with Crippen molar-refractivity contribution < 1.29 is 4.92 Å². The van der Waals surface area contributed by atoms with E-state index in [1.165, 1.54) is 31.4 Å². The Bertz CT molecular complexity index is 934. The lowest BCUT2D eigenvalue weighted by atomic mass is 9.95. The summed E-state index contributed by atoms with van der Waals surface area (Å²) in [6.07, 6.45) is 6.11. The Morgan fingerprint density at radius 2 is 1.69 bits per heavy atom. The van der Waals surface area contributed by atoms with Crippen molar-refractivity contribution in [2.45, 2.75) is 38.1 Å². The van der Waals surface area contributed by atoms with Crippen molar-refractivity contribution in [3.8, 4) is 11.4 Å². The van der Waals surface area contributed by atoms with Gasteiger partial charge in [0.1, 0.15) is 5.82 Å². The number of nitro groups is 1. The van der Waals surface area contributed by atoms with Gasteiger partial charge in [0.05, 0.1) is 10.4 Å². The van der Waals surface area contributed by atoms with Crippen LogP contribution in [-0.2, 0) is 0 Å². The number of hydrogen-bond donors (Lipinski definition) is 1.